The first-order chi connectivity index (χ1) is 12.7. The van der Waals surface area contributed by atoms with Crippen molar-refractivity contribution in [1.82, 2.24) is 9.47 Å². The molecule has 0 atom stereocenters. The van der Waals surface area contributed by atoms with Crippen LogP contribution >= 0.6 is 11.6 Å². The maximum atomic E-state index is 12.7. The number of piperazine rings is 1. The van der Waals surface area contributed by atoms with Gasteiger partial charge in [-0.15, -0.1) is 0 Å². The molecule has 1 aliphatic heterocycles. The highest BCUT2D eigenvalue weighted by molar-refractivity contribution is 6.30. The molecule has 0 bridgehead atoms. The van der Waals surface area contributed by atoms with E-state index in [0.717, 1.165) is 18.8 Å². The summed E-state index contributed by atoms with van der Waals surface area (Å²) in [5.74, 6) is 0.0695. The number of nitrogens with zero attached hydrogens (tertiary/aromatic N) is 3. The fourth-order valence-corrected chi connectivity index (χ4v) is 3.50. The van der Waals surface area contributed by atoms with Gasteiger partial charge in [-0.2, -0.15) is 0 Å². The third kappa shape index (κ3) is 3.33. The molecule has 1 aliphatic rings. The van der Waals surface area contributed by atoms with Crippen molar-refractivity contribution in [3.63, 3.8) is 0 Å². The van der Waals surface area contributed by atoms with E-state index in [1.807, 2.05) is 17.0 Å². The molecule has 5 heteroatoms. The smallest absolute Gasteiger partial charge is 0.253 e. The molecule has 2 heterocycles. The molecule has 1 fully saturated rings. The molecule has 132 valence electrons. The van der Waals surface area contributed by atoms with Gasteiger partial charge in [0.1, 0.15) is 0 Å². The first-order valence-electron chi connectivity index (χ1n) is 8.74. The number of rotatable bonds is 3. The number of hydrogen-bond acceptors (Lipinski definition) is 2. The summed E-state index contributed by atoms with van der Waals surface area (Å²) in [4.78, 5) is 16.9. The lowest BCUT2D eigenvalue weighted by Gasteiger charge is -2.37. The molecule has 4 nitrogen and oxygen atoms in total. The number of anilines is 1. The van der Waals surface area contributed by atoms with Crippen LogP contribution in [0.5, 0.6) is 0 Å². The second-order valence-electron chi connectivity index (χ2n) is 6.37. The predicted molar refractivity (Wildman–Crippen MR) is 105 cm³/mol. The summed E-state index contributed by atoms with van der Waals surface area (Å²) in [6.07, 6.45) is 4.11. The lowest BCUT2D eigenvalue weighted by atomic mass is 10.1. The average molecular weight is 366 g/mol. The summed E-state index contributed by atoms with van der Waals surface area (Å²) >= 11 is 5.91. The quantitative estimate of drug-likeness (QED) is 0.699. The van der Waals surface area contributed by atoms with Crippen LogP contribution in [0.15, 0.2) is 73.1 Å². The van der Waals surface area contributed by atoms with Gasteiger partial charge in [0.15, 0.2) is 0 Å². The summed E-state index contributed by atoms with van der Waals surface area (Å²) in [7, 11) is 0. The Hall–Kier alpha value is -2.72. The Balaban J connectivity index is 1.48. The molecule has 0 unspecified atom stereocenters. The summed E-state index contributed by atoms with van der Waals surface area (Å²) in [6.45, 7) is 3.05. The van der Waals surface area contributed by atoms with Gasteiger partial charge in [-0.25, -0.2) is 0 Å². The Labute approximate surface area is 158 Å². The van der Waals surface area contributed by atoms with Gasteiger partial charge in [-0.05, 0) is 48.5 Å². The van der Waals surface area contributed by atoms with Gasteiger partial charge in [-0.3, -0.25) is 4.79 Å². The number of aromatic nitrogens is 1. The fourth-order valence-electron chi connectivity index (χ4n) is 3.37. The minimum absolute atomic E-state index is 0.0695. The molecule has 0 N–H and O–H groups in total. The Morgan fingerprint density at radius 1 is 0.769 bits per heavy atom. The molecule has 2 aromatic carbocycles. The molecule has 0 saturated carbocycles. The van der Waals surface area contributed by atoms with Gasteiger partial charge in [-0.1, -0.05) is 23.7 Å². The minimum Gasteiger partial charge on any atom is -0.366 e. The van der Waals surface area contributed by atoms with E-state index in [-0.39, 0.29) is 5.91 Å². The van der Waals surface area contributed by atoms with Gasteiger partial charge in [0, 0.05) is 49.2 Å². The Morgan fingerprint density at radius 3 is 2.04 bits per heavy atom. The van der Waals surface area contributed by atoms with Crippen molar-refractivity contribution in [2.75, 3.05) is 31.1 Å². The average Bonchev–Trinajstić information content (AvgIpc) is 3.23. The first kappa shape index (κ1) is 16.7. The summed E-state index contributed by atoms with van der Waals surface area (Å²) in [6, 6.07) is 19.5. The lowest BCUT2D eigenvalue weighted by molar-refractivity contribution is 0.0747. The van der Waals surface area contributed by atoms with Crippen LogP contribution in [-0.4, -0.2) is 41.6 Å². The monoisotopic (exact) mass is 365 g/mol. The molecule has 0 radical (unpaired) electrons. The Kier molecular flexibility index (Phi) is 4.67. The van der Waals surface area contributed by atoms with E-state index in [4.69, 9.17) is 11.6 Å². The molecule has 1 saturated heterocycles. The summed E-state index contributed by atoms with van der Waals surface area (Å²) in [5.41, 5.74) is 3.05. The molecule has 0 spiro atoms. The van der Waals surface area contributed by atoms with Gasteiger partial charge >= 0.3 is 0 Å². The Morgan fingerprint density at radius 2 is 1.38 bits per heavy atom. The topological polar surface area (TPSA) is 28.5 Å². The number of hydrogen-bond donors (Lipinski definition) is 0. The van der Waals surface area contributed by atoms with Crippen molar-refractivity contribution in [3.8, 4) is 5.69 Å². The van der Waals surface area contributed by atoms with E-state index in [1.165, 1.54) is 5.69 Å². The predicted octanol–water partition coefficient (Wildman–Crippen LogP) is 4.09. The van der Waals surface area contributed by atoms with Gasteiger partial charge in [0.2, 0.25) is 0 Å². The molecule has 0 aliphatic carbocycles. The highest BCUT2D eigenvalue weighted by Gasteiger charge is 2.23. The zero-order chi connectivity index (χ0) is 17.9. The summed E-state index contributed by atoms with van der Waals surface area (Å²) < 4.78 is 2.13. The second-order valence-corrected chi connectivity index (χ2v) is 6.80. The third-order valence-electron chi connectivity index (χ3n) is 4.76. The second kappa shape index (κ2) is 7.26. The highest BCUT2D eigenvalue weighted by Crippen LogP contribution is 2.26. The maximum Gasteiger partial charge on any atom is 0.253 e. The van der Waals surface area contributed by atoms with E-state index in [2.05, 4.69) is 46.1 Å². The van der Waals surface area contributed by atoms with Crippen LogP contribution in [0.3, 0.4) is 0 Å². The molecule has 26 heavy (non-hydrogen) atoms. The fraction of sp³-hybridized carbons (Fsp3) is 0.190. The number of para-hydroxylation sites is 2. The van der Waals surface area contributed by atoms with Crippen LogP contribution < -0.4 is 4.90 Å². The lowest BCUT2D eigenvalue weighted by Crippen LogP contribution is -2.49. The van der Waals surface area contributed by atoms with Crippen molar-refractivity contribution >= 4 is 23.2 Å². The van der Waals surface area contributed by atoms with E-state index < -0.39 is 0 Å². The Bertz CT molecular complexity index is 882. The molecule has 1 amide bonds. The highest BCUT2D eigenvalue weighted by atomic mass is 35.5. The number of amides is 1. The molecule has 4 rings (SSSR count). The first-order valence-corrected chi connectivity index (χ1v) is 9.12. The van der Waals surface area contributed by atoms with Crippen LogP contribution in [0.1, 0.15) is 10.4 Å². The van der Waals surface area contributed by atoms with Crippen LogP contribution in [0.4, 0.5) is 5.69 Å². The third-order valence-corrected chi connectivity index (χ3v) is 5.02. The van der Waals surface area contributed by atoms with Crippen molar-refractivity contribution in [1.29, 1.82) is 0 Å². The molecular weight excluding hydrogens is 346 g/mol. The van der Waals surface area contributed by atoms with Crippen molar-refractivity contribution < 1.29 is 4.79 Å². The van der Waals surface area contributed by atoms with Crippen LogP contribution in [0.2, 0.25) is 5.02 Å². The van der Waals surface area contributed by atoms with Crippen LogP contribution in [0.25, 0.3) is 5.69 Å². The SMILES string of the molecule is O=C(c1ccc(Cl)cc1)N1CCN(c2ccccc2-n2cccc2)CC1. The zero-order valence-corrected chi connectivity index (χ0v) is 15.1. The van der Waals surface area contributed by atoms with Gasteiger partial charge < -0.3 is 14.4 Å². The van der Waals surface area contributed by atoms with Crippen molar-refractivity contribution in [3.05, 3.63) is 83.6 Å². The molecular formula is C21H20ClN3O. The number of benzene rings is 2. The van der Waals surface area contributed by atoms with E-state index in [0.29, 0.717) is 23.7 Å². The maximum absolute atomic E-state index is 12.7. The van der Waals surface area contributed by atoms with Crippen LogP contribution in [-0.2, 0) is 0 Å². The minimum atomic E-state index is 0.0695. The standard InChI is InChI=1S/C21H20ClN3O/c22-18-9-7-17(8-10-18)21(26)25-15-13-24(14-16-25)20-6-2-1-5-19(20)23-11-3-4-12-23/h1-12H,13-16H2. The van der Waals surface area contributed by atoms with E-state index in [9.17, 15) is 4.79 Å². The molecule has 3 aromatic rings. The van der Waals surface area contributed by atoms with Crippen molar-refractivity contribution in [2.24, 2.45) is 0 Å². The normalized spacial score (nSPS) is 14.5. The van der Waals surface area contributed by atoms with Crippen LogP contribution in [0, 0.1) is 0 Å². The number of carbonyl (C=O) groups excluding carboxylic acids is 1. The number of halogens is 1. The largest absolute Gasteiger partial charge is 0.366 e. The van der Waals surface area contributed by atoms with E-state index in [1.54, 1.807) is 24.3 Å². The van der Waals surface area contributed by atoms with E-state index >= 15 is 0 Å². The molecule has 1 aromatic heterocycles. The summed E-state index contributed by atoms with van der Waals surface area (Å²) in [5, 5.41) is 0.646. The zero-order valence-electron chi connectivity index (χ0n) is 14.4. The van der Waals surface area contributed by atoms with Crippen molar-refractivity contribution in [2.45, 2.75) is 0 Å². The van der Waals surface area contributed by atoms with Gasteiger partial charge in [0.05, 0.1) is 11.4 Å². The number of carbonyl (C=O) groups is 1. The van der Waals surface area contributed by atoms with Gasteiger partial charge in [0.25, 0.3) is 5.91 Å².